The maximum absolute atomic E-state index is 13.2. The van der Waals surface area contributed by atoms with Gasteiger partial charge in [-0.15, -0.1) is 0 Å². The molecule has 0 bridgehead atoms. The summed E-state index contributed by atoms with van der Waals surface area (Å²) in [5.41, 5.74) is 7.43. The molecule has 3 amide bonds. The van der Waals surface area contributed by atoms with E-state index in [4.69, 9.17) is 15.9 Å². The highest BCUT2D eigenvalue weighted by Gasteiger charge is 2.30. The molecular formula is C26H32N4O8. The molecule has 204 valence electrons. The Morgan fingerprint density at radius 1 is 0.684 bits per heavy atom. The molecule has 0 fully saturated rings. The third kappa shape index (κ3) is 9.99. The molecule has 2 aromatic rings. The molecule has 0 saturated carbocycles. The summed E-state index contributed by atoms with van der Waals surface area (Å²) in [5, 5.41) is 34.7. The fraction of sp³-hybridized carbons (Fsp3) is 0.346. The lowest BCUT2D eigenvalue weighted by molar-refractivity contribution is -0.143. The van der Waals surface area contributed by atoms with Crippen LogP contribution in [0.15, 0.2) is 60.7 Å². The summed E-state index contributed by atoms with van der Waals surface area (Å²) < 4.78 is 0. The molecule has 4 unspecified atom stereocenters. The van der Waals surface area contributed by atoms with Crippen LogP contribution in [0, 0.1) is 0 Å². The van der Waals surface area contributed by atoms with E-state index >= 15 is 0 Å². The van der Waals surface area contributed by atoms with Gasteiger partial charge in [-0.3, -0.25) is 19.2 Å². The van der Waals surface area contributed by atoms with Gasteiger partial charge in [0.25, 0.3) is 0 Å². The minimum atomic E-state index is -1.60. The third-order valence-corrected chi connectivity index (χ3v) is 5.63. The molecule has 12 nitrogen and oxygen atoms in total. The van der Waals surface area contributed by atoms with E-state index in [1.165, 1.54) is 0 Å². The standard InChI is InChI=1S/C26H32N4O8/c27-18(13-16-7-3-1-4-8-16)23(34)28-19(11-12-22(32)33)24(35)29-20(14-17-9-5-2-6-10-17)25(36)30-21(15-31)26(37)38/h1-10,18-21,31H,11-15,27H2,(H,28,34)(H,29,35)(H,30,36)(H,32,33)(H,37,38). The van der Waals surface area contributed by atoms with Gasteiger partial charge in [0, 0.05) is 12.8 Å². The Kier molecular flexibility index (Phi) is 11.9. The van der Waals surface area contributed by atoms with Crippen molar-refractivity contribution >= 4 is 29.7 Å². The molecule has 0 radical (unpaired) electrons. The van der Waals surface area contributed by atoms with Crippen molar-refractivity contribution in [1.29, 1.82) is 0 Å². The number of hydrogen-bond donors (Lipinski definition) is 7. The molecule has 0 aliphatic heterocycles. The first-order chi connectivity index (χ1) is 18.1. The monoisotopic (exact) mass is 528 g/mol. The lowest BCUT2D eigenvalue weighted by Gasteiger charge is -2.25. The second kappa shape index (κ2) is 15.1. The molecule has 0 aliphatic carbocycles. The number of carbonyl (C=O) groups excluding carboxylic acids is 3. The van der Waals surface area contributed by atoms with Crippen molar-refractivity contribution in [3.05, 3.63) is 71.8 Å². The minimum Gasteiger partial charge on any atom is -0.481 e. The number of rotatable bonds is 15. The van der Waals surface area contributed by atoms with Crippen molar-refractivity contribution in [2.45, 2.75) is 49.9 Å². The van der Waals surface area contributed by atoms with Gasteiger partial charge in [-0.2, -0.15) is 0 Å². The van der Waals surface area contributed by atoms with E-state index in [1.807, 2.05) is 6.07 Å². The van der Waals surface area contributed by atoms with Crippen LogP contribution in [0.3, 0.4) is 0 Å². The second-order valence-electron chi connectivity index (χ2n) is 8.62. The number of aliphatic carboxylic acids is 2. The highest BCUT2D eigenvalue weighted by molar-refractivity contribution is 5.94. The average molecular weight is 529 g/mol. The number of benzene rings is 2. The predicted octanol–water partition coefficient (Wildman–Crippen LogP) is -0.805. The van der Waals surface area contributed by atoms with Crippen molar-refractivity contribution in [2.24, 2.45) is 5.73 Å². The van der Waals surface area contributed by atoms with Crippen LogP contribution >= 0.6 is 0 Å². The van der Waals surface area contributed by atoms with Crippen LogP contribution < -0.4 is 21.7 Å². The van der Waals surface area contributed by atoms with Crippen molar-refractivity contribution in [2.75, 3.05) is 6.61 Å². The summed E-state index contributed by atoms with van der Waals surface area (Å²) in [6.07, 6.45) is -0.591. The smallest absolute Gasteiger partial charge is 0.328 e. The zero-order valence-electron chi connectivity index (χ0n) is 20.6. The van der Waals surface area contributed by atoms with Gasteiger partial charge >= 0.3 is 11.9 Å². The topological polar surface area (TPSA) is 208 Å². The Labute approximate surface area is 219 Å². The van der Waals surface area contributed by atoms with Gasteiger partial charge in [-0.05, 0) is 24.0 Å². The number of carbonyl (C=O) groups is 5. The van der Waals surface area contributed by atoms with Gasteiger partial charge in [0.05, 0.1) is 12.6 Å². The minimum absolute atomic E-state index is 0.0384. The number of hydrogen-bond acceptors (Lipinski definition) is 7. The van der Waals surface area contributed by atoms with Gasteiger partial charge in [0.15, 0.2) is 0 Å². The number of nitrogens with one attached hydrogen (secondary N) is 3. The Morgan fingerprint density at radius 2 is 1.16 bits per heavy atom. The number of carboxylic acids is 2. The molecule has 8 N–H and O–H groups in total. The Bertz CT molecular complexity index is 1100. The zero-order chi connectivity index (χ0) is 28.1. The van der Waals surface area contributed by atoms with Gasteiger partial charge in [0.1, 0.15) is 18.1 Å². The Balaban J connectivity index is 2.19. The number of carboxylic acid groups (broad SMARTS) is 2. The first kappa shape index (κ1) is 29.9. The molecular weight excluding hydrogens is 496 g/mol. The quantitative estimate of drug-likeness (QED) is 0.154. The van der Waals surface area contributed by atoms with Crippen molar-refractivity contribution in [3.8, 4) is 0 Å². The highest BCUT2D eigenvalue weighted by Crippen LogP contribution is 2.07. The summed E-state index contributed by atoms with van der Waals surface area (Å²) in [6, 6.07) is 12.3. The summed E-state index contributed by atoms with van der Waals surface area (Å²) in [7, 11) is 0. The second-order valence-corrected chi connectivity index (χ2v) is 8.62. The fourth-order valence-electron chi connectivity index (χ4n) is 3.57. The number of amides is 3. The molecule has 4 atom stereocenters. The van der Waals surface area contributed by atoms with Crippen molar-refractivity contribution in [3.63, 3.8) is 0 Å². The molecule has 38 heavy (non-hydrogen) atoms. The van der Waals surface area contributed by atoms with Crippen molar-refractivity contribution < 1.29 is 39.3 Å². The van der Waals surface area contributed by atoms with Crippen LogP contribution in [0.5, 0.6) is 0 Å². The molecule has 12 heteroatoms. The molecule has 0 heterocycles. The van der Waals surface area contributed by atoms with Crippen LogP contribution in [0.1, 0.15) is 24.0 Å². The number of aliphatic hydroxyl groups is 1. The van der Waals surface area contributed by atoms with Gasteiger partial charge in [-0.1, -0.05) is 60.7 Å². The maximum atomic E-state index is 13.2. The SMILES string of the molecule is NC(Cc1ccccc1)C(=O)NC(CCC(=O)O)C(=O)NC(Cc1ccccc1)C(=O)NC(CO)C(=O)O. The zero-order valence-corrected chi connectivity index (χ0v) is 20.6. The molecule has 2 rings (SSSR count). The lowest BCUT2D eigenvalue weighted by Crippen LogP contribution is -2.58. The Hall–Kier alpha value is -4.29. The molecule has 0 aromatic heterocycles. The normalized spacial score (nSPS) is 13.8. The van der Waals surface area contributed by atoms with Crippen LogP contribution in [0.25, 0.3) is 0 Å². The van der Waals surface area contributed by atoms with Gasteiger partial charge in [-0.25, -0.2) is 4.79 Å². The number of aliphatic hydroxyl groups excluding tert-OH is 1. The average Bonchev–Trinajstić information content (AvgIpc) is 2.89. The van der Waals surface area contributed by atoms with Crippen LogP contribution in [-0.2, 0) is 36.8 Å². The molecule has 0 aliphatic rings. The Morgan fingerprint density at radius 3 is 1.66 bits per heavy atom. The van der Waals surface area contributed by atoms with Crippen LogP contribution in [0.2, 0.25) is 0 Å². The van der Waals surface area contributed by atoms with E-state index in [0.717, 1.165) is 5.56 Å². The summed E-state index contributed by atoms with van der Waals surface area (Å²) >= 11 is 0. The molecule has 0 saturated heterocycles. The summed E-state index contributed by atoms with van der Waals surface area (Å²) in [4.78, 5) is 61.2. The lowest BCUT2D eigenvalue weighted by atomic mass is 10.0. The van der Waals surface area contributed by atoms with E-state index in [1.54, 1.807) is 54.6 Å². The first-order valence-electron chi connectivity index (χ1n) is 11.9. The van der Waals surface area contributed by atoms with E-state index in [9.17, 15) is 29.1 Å². The van der Waals surface area contributed by atoms with Crippen LogP contribution in [0.4, 0.5) is 0 Å². The van der Waals surface area contributed by atoms with E-state index in [2.05, 4.69) is 16.0 Å². The number of nitrogens with two attached hydrogens (primary N) is 1. The molecule has 2 aromatic carbocycles. The fourth-order valence-corrected chi connectivity index (χ4v) is 3.57. The van der Waals surface area contributed by atoms with Gasteiger partial charge in [0.2, 0.25) is 17.7 Å². The maximum Gasteiger partial charge on any atom is 0.328 e. The summed E-state index contributed by atoms with van der Waals surface area (Å²) in [5.74, 6) is -5.08. The predicted molar refractivity (Wildman–Crippen MR) is 136 cm³/mol. The third-order valence-electron chi connectivity index (χ3n) is 5.63. The molecule has 0 spiro atoms. The summed E-state index contributed by atoms with van der Waals surface area (Å²) in [6.45, 7) is -0.871. The largest absolute Gasteiger partial charge is 0.481 e. The highest BCUT2D eigenvalue weighted by atomic mass is 16.4. The van der Waals surface area contributed by atoms with E-state index < -0.39 is 66.9 Å². The van der Waals surface area contributed by atoms with Crippen LogP contribution in [-0.4, -0.2) is 75.8 Å². The van der Waals surface area contributed by atoms with Crippen molar-refractivity contribution in [1.82, 2.24) is 16.0 Å². The van der Waals surface area contributed by atoms with E-state index in [-0.39, 0.29) is 19.3 Å². The van der Waals surface area contributed by atoms with Gasteiger partial charge < -0.3 is 37.0 Å². The first-order valence-corrected chi connectivity index (χ1v) is 11.9. The van der Waals surface area contributed by atoms with E-state index in [0.29, 0.717) is 5.56 Å².